The summed E-state index contributed by atoms with van der Waals surface area (Å²) in [6.07, 6.45) is 0. The molecule has 5 nitrogen and oxygen atoms in total. The van der Waals surface area contributed by atoms with Crippen molar-refractivity contribution in [3.63, 3.8) is 0 Å². The molecule has 0 spiro atoms. The van der Waals surface area contributed by atoms with E-state index in [1.165, 1.54) is 11.1 Å². The fourth-order valence-corrected chi connectivity index (χ4v) is 3.30. The number of nitrogens with one attached hydrogen (secondary N) is 1. The molecule has 4 aromatic rings. The number of nitrogens with zero attached hydrogens (tertiary/aromatic N) is 3. The van der Waals surface area contributed by atoms with Gasteiger partial charge in [-0.25, -0.2) is 0 Å². The van der Waals surface area contributed by atoms with Gasteiger partial charge in [0.05, 0.1) is 0 Å². The topological polar surface area (TPSA) is 79.5 Å². The number of aryl methyl sites for hydroxylation is 1. The summed E-state index contributed by atoms with van der Waals surface area (Å²) in [5, 5.41) is 16.9. The second-order valence-electron chi connectivity index (χ2n) is 6.17. The lowest BCUT2D eigenvalue weighted by Gasteiger charge is -2.09. The van der Waals surface area contributed by atoms with Crippen molar-refractivity contribution in [2.24, 2.45) is 16.2 Å². The number of nitrogens with two attached hydrogens (primary N) is 1. The third kappa shape index (κ3) is 2.58. The monoisotopic (exact) mass is 339 g/mol. The van der Waals surface area contributed by atoms with Gasteiger partial charge in [-0.05, 0) is 54.4 Å². The minimum absolute atomic E-state index is 0.0423. The summed E-state index contributed by atoms with van der Waals surface area (Å²) >= 11 is 0. The normalized spacial score (nSPS) is 11.3. The van der Waals surface area contributed by atoms with Gasteiger partial charge in [0.1, 0.15) is 5.52 Å². The van der Waals surface area contributed by atoms with Gasteiger partial charge in [-0.3, -0.25) is 5.41 Å². The van der Waals surface area contributed by atoms with Crippen LogP contribution in [0.25, 0.3) is 21.8 Å². The van der Waals surface area contributed by atoms with Gasteiger partial charge in [-0.2, -0.15) is 0 Å². The van der Waals surface area contributed by atoms with Crippen LogP contribution < -0.4 is 5.84 Å². The minimum Gasteiger partial charge on any atom is -0.329 e. The highest BCUT2D eigenvalue weighted by Crippen LogP contribution is 2.30. The largest absolute Gasteiger partial charge is 0.329 e. The fraction of sp³-hybridized carbons (Fsp3) is 0.0952. The van der Waals surface area contributed by atoms with Crippen LogP contribution in [0.1, 0.15) is 16.7 Å². The van der Waals surface area contributed by atoms with Gasteiger partial charge in [0, 0.05) is 28.4 Å². The molecule has 26 heavy (non-hydrogen) atoms. The van der Waals surface area contributed by atoms with Gasteiger partial charge in [-0.15, -0.1) is 5.11 Å². The van der Waals surface area contributed by atoms with E-state index in [9.17, 15) is 0 Å². The van der Waals surface area contributed by atoms with Gasteiger partial charge in [0.15, 0.2) is 5.84 Å². The predicted molar refractivity (Wildman–Crippen MR) is 103 cm³/mol. The third-order valence-corrected chi connectivity index (χ3v) is 4.65. The smallest absolute Gasteiger partial charge is 0.176 e. The first kappa shape index (κ1) is 15.9. The first-order valence-corrected chi connectivity index (χ1v) is 8.27. The average molecular weight is 339 g/mol. The fourth-order valence-electron chi connectivity index (χ4n) is 3.30. The van der Waals surface area contributed by atoms with E-state index in [0.717, 1.165) is 28.4 Å². The molecule has 0 bridgehead atoms. The first-order chi connectivity index (χ1) is 12.7. The van der Waals surface area contributed by atoms with Crippen molar-refractivity contribution in [3.05, 3.63) is 83.4 Å². The number of rotatable bonds is 3. The summed E-state index contributed by atoms with van der Waals surface area (Å²) < 4.78 is 2.24. The highest BCUT2D eigenvalue weighted by molar-refractivity contribution is 6.10. The Labute approximate surface area is 151 Å². The van der Waals surface area contributed by atoms with Crippen molar-refractivity contribution in [2.75, 3.05) is 0 Å². The molecule has 0 atom stereocenters. The highest BCUT2D eigenvalue weighted by atomic mass is 15.3. The van der Waals surface area contributed by atoms with E-state index in [2.05, 4.69) is 58.2 Å². The Bertz CT molecular complexity index is 1150. The Morgan fingerprint density at radius 1 is 1.15 bits per heavy atom. The van der Waals surface area contributed by atoms with Crippen molar-refractivity contribution < 1.29 is 0 Å². The minimum atomic E-state index is 0.0423. The van der Waals surface area contributed by atoms with E-state index in [-0.39, 0.29) is 5.84 Å². The van der Waals surface area contributed by atoms with Crippen LogP contribution >= 0.6 is 0 Å². The summed E-state index contributed by atoms with van der Waals surface area (Å²) in [7, 11) is 0. The van der Waals surface area contributed by atoms with Crippen LogP contribution in [0.3, 0.4) is 0 Å². The Morgan fingerprint density at radius 2 is 2.00 bits per heavy atom. The van der Waals surface area contributed by atoms with Gasteiger partial charge in [-0.1, -0.05) is 35.6 Å². The van der Waals surface area contributed by atoms with Crippen LogP contribution in [0, 0.1) is 24.5 Å². The lowest BCUT2D eigenvalue weighted by atomic mass is 10.1. The highest BCUT2D eigenvalue weighted by Gasteiger charge is 2.13. The molecule has 5 heteroatoms. The molecule has 0 aliphatic carbocycles. The molecule has 0 aliphatic rings. The van der Waals surface area contributed by atoms with Crippen molar-refractivity contribution >= 4 is 27.6 Å². The number of amidine groups is 1. The van der Waals surface area contributed by atoms with E-state index in [0.29, 0.717) is 5.56 Å². The molecule has 0 radical (unpaired) electrons. The Balaban J connectivity index is 1.94. The van der Waals surface area contributed by atoms with Crippen molar-refractivity contribution in [1.29, 1.82) is 5.41 Å². The molecule has 3 aromatic carbocycles. The summed E-state index contributed by atoms with van der Waals surface area (Å²) in [6, 6.07) is 24.4. The molecule has 1 aromatic heterocycles. The van der Waals surface area contributed by atoms with E-state index < -0.39 is 0 Å². The second-order valence-corrected chi connectivity index (χ2v) is 6.17. The summed E-state index contributed by atoms with van der Waals surface area (Å²) in [4.78, 5) is 0. The lowest BCUT2D eigenvalue weighted by molar-refractivity contribution is 0.861. The van der Waals surface area contributed by atoms with Gasteiger partial charge in [0.25, 0.3) is 0 Å². The number of hydrogen-bond donors (Lipinski definition) is 2. The first-order valence-electron chi connectivity index (χ1n) is 8.27. The van der Waals surface area contributed by atoms with Crippen LogP contribution in [0.5, 0.6) is 0 Å². The van der Waals surface area contributed by atoms with E-state index >= 15 is 0 Å². The number of fused-ring (bicyclic) bond motifs is 3. The zero-order valence-corrected chi connectivity index (χ0v) is 14.3. The summed E-state index contributed by atoms with van der Waals surface area (Å²) in [5.74, 6) is 5.12. The second kappa shape index (κ2) is 6.34. The van der Waals surface area contributed by atoms with Crippen LogP contribution in [0.4, 0.5) is 0 Å². The molecule has 0 amide bonds. The number of benzene rings is 2. The van der Waals surface area contributed by atoms with Gasteiger partial charge in [0.2, 0.25) is 0 Å². The Hall–Kier alpha value is -3.65. The zero-order chi connectivity index (χ0) is 18.1. The summed E-state index contributed by atoms with van der Waals surface area (Å²) in [5.41, 5.74) is 5.27. The van der Waals surface area contributed by atoms with Crippen molar-refractivity contribution in [2.45, 2.75) is 13.5 Å². The Morgan fingerprint density at radius 3 is 2.81 bits per heavy atom. The third-order valence-electron chi connectivity index (χ3n) is 4.65. The summed E-state index contributed by atoms with van der Waals surface area (Å²) in [6.45, 7) is 2.87. The molecular weight excluding hydrogens is 322 g/mol. The maximum Gasteiger partial charge on any atom is 0.176 e. The SMILES string of the molecule is Cc1ccccc1Cn1c2c#cccc2c2cc(C(=N)N=NN)ccc21. The average Bonchev–Trinajstić information content (AvgIpc) is 2.97. The van der Waals surface area contributed by atoms with Crippen LogP contribution in [0.2, 0.25) is 0 Å². The molecular formula is C21H17N5. The van der Waals surface area contributed by atoms with Crippen molar-refractivity contribution in [1.82, 2.24) is 4.57 Å². The molecule has 1 heterocycles. The molecule has 0 saturated heterocycles. The van der Waals surface area contributed by atoms with Crippen molar-refractivity contribution in [3.8, 4) is 0 Å². The van der Waals surface area contributed by atoms with Crippen LogP contribution in [-0.4, -0.2) is 10.4 Å². The molecule has 0 aliphatic heterocycles. The quantitative estimate of drug-likeness (QED) is 0.187. The van der Waals surface area contributed by atoms with Gasteiger partial charge < -0.3 is 10.4 Å². The number of aromatic nitrogens is 1. The number of hydrogen-bond acceptors (Lipinski definition) is 2. The van der Waals surface area contributed by atoms with Crippen LogP contribution in [-0.2, 0) is 6.54 Å². The van der Waals surface area contributed by atoms with Gasteiger partial charge >= 0.3 is 0 Å². The molecule has 0 unspecified atom stereocenters. The Kier molecular flexibility index (Phi) is 3.86. The standard InChI is InChI=1S/C21H17N5/c1-14-6-2-3-7-16(14)13-26-19-9-5-4-8-17(19)18-12-15(10-11-20(18)26)21(22)24-25-23/h2-4,6-8,10-12H,13H2,1H3,(H3,22,23,24). The maximum atomic E-state index is 7.97. The zero-order valence-electron chi connectivity index (χ0n) is 14.3. The molecule has 126 valence electrons. The van der Waals surface area contributed by atoms with E-state index in [4.69, 9.17) is 11.3 Å². The molecule has 0 fully saturated rings. The predicted octanol–water partition coefficient (Wildman–Crippen LogP) is 4.40. The molecule has 3 N–H and O–H groups in total. The van der Waals surface area contributed by atoms with Crippen LogP contribution in [0.15, 0.2) is 64.9 Å². The maximum absolute atomic E-state index is 7.97. The lowest BCUT2D eigenvalue weighted by Crippen LogP contribution is -2.01. The van der Waals surface area contributed by atoms with E-state index in [1.807, 2.05) is 30.3 Å². The molecule has 4 rings (SSSR count). The molecule has 0 saturated carbocycles. The van der Waals surface area contributed by atoms with E-state index in [1.54, 1.807) is 0 Å².